The zero-order chi connectivity index (χ0) is 25.0. The summed E-state index contributed by atoms with van der Waals surface area (Å²) in [5, 5.41) is 9.30. The number of sulfone groups is 1. The number of pyridine rings is 1. The van der Waals surface area contributed by atoms with E-state index in [-0.39, 0.29) is 17.6 Å². The van der Waals surface area contributed by atoms with Gasteiger partial charge in [-0.2, -0.15) is 9.61 Å². The molecule has 1 fully saturated rings. The van der Waals surface area contributed by atoms with E-state index in [1.165, 1.54) is 5.41 Å². The minimum Gasteiger partial charge on any atom is -0.366 e. The third-order valence-corrected chi connectivity index (χ3v) is 8.69. The van der Waals surface area contributed by atoms with Gasteiger partial charge in [-0.15, -0.1) is 0 Å². The number of nitrogens with zero attached hydrogens (tertiary/aromatic N) is 4. The van der Waals surface area contributed by atoms with Crippen molar-refractivity contribution in [3.05, 3.63) is 93.8 Å². The van der Waals surface area contributed by atoms with Gasteiger partial charge in [0.05, 0.1) is 16.4 Å². The van der Waals surface area contributed by atoms with Crippen molar-refractivity contribution in [1.82, 2.24) is 19.6 Å². The predicted octanol–water partition coefficient (Wildman–Crippen LogP) is 5.86. The summed E-state index contributed by atoms with van der Waals surface area (Å²) >= 11 is 3.57. The van der Waals surface area contributed by atoms with Gasteiger partial charge in [0.15, 0.2) is 15.5 Å². The minimum absolute atomic E-state index is 0.167. The average molecular weight is 567 g/mol. The van der Waals surface area contributed by atoms with Crippen LogP contribution in [0.3, 0.4) is 0 Å². The Kier molecular flexibility index (Phi) is 7.48. The van der Waals surface area contributed by atoms with Crippen molar-refractivity contribution in [3.63, 3.8) is 0 Å². The molecule has 0 spiro atoms. The molecule has 186 valence electrons. The van der Waals surface area contributed by atoms with Crippen LogP contribution in [0, 0.1) is 5.92 Å². The molecule has 0 saturated heterocycles. The number of aromatic nitrogens is 4. The molecule has 36 heavy (non-hydrogen) atoms. The van der Waals surface area contributed by atoms with Gasteiger partial charge in [-0.1, -0.05) is 36.4 Å². The summed E-state index contributed by atoms with van der Waals surface area (Å²) in [4.78, 5) is 9.09. The summed E-state index contributed by atoms with van der Waals surface area (Å²) < 4.78 is 28.0. The first-order valence-electron chi connectivity index (χ1n) is 12.1. The molecule has 0 aliphatic heterocycles. The van der Waals surface area contributed by atoms with E-state index in [0.29, 0.717) is 6.54 Å². The lowest BCUT2D eigenvalue weighted by atomic mass is 9.81. The molecule has 1 aliphatic carbocycles. The van der Waals surface area contributed by atoms with Gasteiger partial charge in [0.2, 0.25) is 0 Å². The van der Waals surface area contributed by atoms with E-state index in [4.69, 9.17) is 4.98 Å². The second-order valence-corrected chi connectivity index (χ2v) is 12.1. The van der Waals surface area contributed by atoms with E-state index < -0.39 is 9.84 Å². The topological polar surface area (TPSA) is 89.2 Å². The fourth-order valence-corrected chi connectivity index (χ4v) is 6.55. The molecular weight excluding hydrogens is 538 g/mol. The largest absolute Gasteiger partial charge is 0.366 e. The van der Waals surface area contributed by atoms with Gasteiger partial charge >= 0.3 is 0 Å². The lowest BCUT2D eigenvalue weighted by Crippen LogP contribution is -2.21. The van der Waals surface area contributed by atoms with Crippen molar-refractivity contribution < 1.29 is 8.42 Å². The molecule has 0 unspecified atom stereocenters. The van der Waals surface area contributed by atoms with Gasteiger partial charge < -0.3 is 5.32 Å². The molecular formula is C27H28BrN5O2S. The Balaban J connectivity index is 1.26. The van der Waals surface area contributed by atoms with Crippen LogP contribution in [0.2, 0.25) is 0 Å². The molecule has 0 atom stereocenters. The highest BCUT2D eigenvalue weighted by Gasteiger charge is 2.27. The molecule has 5 rings (SSSR count). The van der Waals surface area contributed by atoms with E-state index >= 15 is 0 Å². The maximum absolute atomic E-state index is 12.7. The Morgan fingerprint density at radius 3 is 2.61 bits per heavy atom. The molecule has 1 N–H and O–H groups in total. The van der Waals surface area contributed by atoms with Crippen LogP contribution in [0.15, 0.2) is 77.0 Å². The zero-order valence-corrected chi connectivity index (χ0v) is 22.2. The molecule has 1 saturated carbocycles. The first-order chi connectivity index (χ1) is 17.5. The highest BCUT2D eigenvalue weighted by molar-refractivity contribution is 9.10. The molecule has 0 amide bonds. The third kappa shape index (κ3) is 6.02. The highest BCUT2D eigenvalue weighted by atomic mass is 79.9. The summed E-state index contributed by atoms with van der Waals surface area (Å²) in [5.41, 5.74) is 3.77. The minimum atomic E-state index is -3.26. The fraction of sp³-hybridized carbons (Fsp3) is 0.296. The number of benzene rings is 1. The Morgan fingerprint density at radius 1 is 1.06 bits per heavy atom. The van der Waals surface area contributed by atoms with Crippen molar-refractivity contribution in [2.75, 3.05) is 11.1 Å². The number of hydrogen-bond donors (Lipinski definition) is 1. The Hall–Kier alpha value is -3.04. The maximum atomic E-state index is 12.7. The van der Waals surface area contributed by atoms with Crippen LogP contribution in [-0.2, 0) is 16.4 Å². The van der Waals surface area contributed by atoms with Crippen LogP contribution in [0.5, 0.6) is 0 Å². The standard InChI is InChI=1S/C27H28BrN5O2S/c28-24-18-31-33-26(30-17-22-7-4-13-29-16-22)15-25(32-27(24)33)23-10-8-21(9-11-23)19-36(34,35)14-12-20-5-2-1-3-6-20/h1-7,12-16,18,21,23,30H,8-11,17,19H2/b14-12+. The van der Waals surface area contributed by atoms with Gasteiger partial charge in [0, 0.05) is 42.0 Å². The average Bonchev–Trinajstić information content (AvgIpc) is 3.28. The molecule has 4 aromatic rings. The SMILES string of the molecule is O=S(=O)(/C=C/c1ccccc1)CC1CCC(c2cc(NCc3cccnc3)n3ncc(Br)c3n2)CC1. The van der Waals surface area contributed by atoms with Gasteiger partial charge in [-0.05, 0) is 70.8 Å². The number of rotatable bonds is 8. The Labute approximate surface area is 219 Å². The summed E-state index contributed by atoms with van der Waals surface area (Å²) in [6, 6.07) is 15.6. The zero-order valence-electron chi connectivity index (χ0n) is 19.8. The van der Waals surface area contributed by atoms with Crippen LogP contribution in [-0.4, -0.2) is 33.8 Å². The van der Waals surface area contributed by atoms with Crippen molar-refractivity contribution >= 4 is 43.3 Å². The summed E-state index contributed by atoms with van der Waals surface area (Å²) in [6.07, 6.45) is 10.6. The third-order valence-electron chi connectivity index (χ3n) is 6.65. The van der Waals surface area contributed by atoms with Crippen molar-refractivity contribution in [3.8, 4) is 0 Å². The van der Waals surface area contributed by atoms with Crippen molar-refractivity contribution in [2.24, 2.45) is 5.92 Å². The first-order valence-corrected chi connectivity index (χ1v) is 14.6. The molecule has 9 heteroatoms. The second-order valence-electron chi connectivity index (χ2n) is 9.27. The Bertz CT molecular complexity index is 1450. The van der Waals surface area contributed by atoms with Gasteiger partial charge in [0.1, 0.15) is 5.82 Å². The number of fused-ring (bicyclic) bond motifs is 1. The van der Waals surface area contributed by atoms with Crippen LogP contribution in [0.25, 0.3) is 11.7 Å². The van der Waals surface area contributed by atoms with Gasteiger partial charge in [0.25, 0.3) is 0 Å². The first kappa shape index (κ1) is 24.6. The molecule has 0 radical (unpaired) electrons. The predicted molar refractivity (Wildman–Crippen MR) is 146 cm³/mol. The van der Waals surface area contributed by atoms with Crippen LogP contribution in [0.4, 0.5) is 5.82 Å². The molecule has 3 heterocycles. The van der Waals surface area contributed by atoms with E-state index in [9.17, 15) is 8.42 Å². The van der Waals surface area contributed by atoms with E-state index in [1.54, 1.807) is 23.0 Å². The quantitative estimate of drug-likeness (QED) is 0.288. The second kappa shape index (κ2) is 10.9. The molecule has 1 aromatic carbocycles. The van der Waals surface area contributed by atoms with Gasteiger partial charge in [-0.3, -0.25) is 4.98 Å². The number of halogens is 1. The lowest BCUT2D eigenvalue weighted by Gasteiger charge is -2.28. The number of hydrogen-bond acceptors (Lipinski definition) is 6. The molecule has 3 aromatic heterocycles. The molecule has 0 bridgehead atoms. The highest BCUT2D eigenvalue weighted by Crippen LogP contribution is 2.37. The van der Waals surface area contributed by atoms with Crippen LogP contribution < -0.4 is 5.32 Å². The fourth-order valence-electron chi connectivity index (χ4n) is 4.74. The van der Waals surface area contributed by atoms with Crippen LogP contribution >= 0.6 is 15.9 Å². The summed E-state index contributed by atoms with van der Waals surface area (Å²) in [7, 11) is -3.26. The smallest absolute Gasteiger partial charge is 0.171 e. The Morgan fingerprint density at radius 2 is 1.86 bits per heavy atom. The normalized spacial score (nSPS) is 18.6. The van der Waals surface area contributed by atoms with E-state index in [2.05, 4.69) is 37.4 Å². The van der Waals surface area contributed by atoms with E-state index in [0.717, 1.165) is 58.4 Å². The van der Waals surface area contributed by atoms with Gasteiger partial charge in [-0.25, -0.2) is 13.4 Å². The molecule has 7 nitrogen and oxygen atoms in total. The van der Waals surface area contributed by atoms with Crippen LogP contribution in [0.1, 0.15) is 48.4 Å². The lowest BCUT2D eigenvalue weighted by molar-refractivity contribution is 0.345. The monoisotopic (exact) mass is 565 g/mol. The number of nitrogens with one attached hydrogen (secondary N) is 1. The maximum Gasteiger partial charge on any atom is 0.171 e. The molecule has 1 aliphatic rings. The summed E-state index contributed by atoms with van der Waals surface area (Å²) in [6.45, 7) is 0.630. The summed E-state index contributed by atoms with van der Waals surface area (Å²) in [5.74, 6) is 1.52. The van der Waals surface area contributed by atoms with Crippen molar-refractivity contribution in [2.45, 2.75) is 38.1 Å². The van der Waals surface area contributed by atoms with Crippen molar-refractivity contribution in [1.29, 1.82) is 0 Å². The van der Waals surface area contributed by atoms with E-state index in [1.807, 2.05) is 48.7 Å². The number of anilines is 1.